The fourth-order valence-electron chi connectivity index (χ4n) is 3.00. The summed E-state index contributed by atoms with van der Waals surface area (Å²) in [6.45, 7) is 7.19. The minimum Gasteiger partial charge on any atom is -0.469 e. The predicted octanol–water partition coefficient (Wildman–Crippen LogP) is 3.20. The molecule has 3 nitrogen and oxygen atoms in total. The summed E-state index contributed by atoms with van der Waals surface area (Å²) in [5.74, 6) is 1.01. The fraction of sp³-hybridized carbons (Fsp3) is 0.444. The van der Waals surface area contributed by atoms with E-state index in [0.717, 1.165) is 25.4 Å². The third-order valence-electron chi connectivity index (χ3n) is 4.06. The zero-order valence-corrected chi connectivity index (χ0v) is 13.5. The molecule has 0 saturated heterocycles. The van der Waals surface area contributed by atoms with Crippen LogP contribution in [0.1, 0.15) is 23.8 Å². The molecule has 0 fully saturated rings. The van der Waals surface area contributed by atoms with Gasteiger partial charge in [0, 0.05) is 30.6 Å². The maximum atomic E-state index is 5.39. The predicted molar refractivity (Wildman–Crippen MR) is 87.5 cm³/mol. The van der Waals surface area contributed by atoms with Gasteiger partial charge in [-0.2, -0.15) is 0 Å². The van der Waals surface area contributed by atoms with Crippen molar-refractivity contribution in [3.05, 3.63) is 59.5 Å². The highest BCUT2D eigenvalue weighted by Crippen LogP contribution is 2.25. The summed E-state index contributed by atoms with van der Waals surface area (Å²) in [5, 5.41) is 3.34. The van der Waals surface area contributed by atoms with Crippen LogP contribution in [0.15, 0.2) is 47.1 Å². The van der Waals surface area contributed by atoms with E-state index in [1.807, 2.05) is 14.0 Å². The van der Waals surface area contributed by atoms with Crippen molar-refractivity contribution in [2.75, 3.05) is 27.2 Å². The second-order valence-electron chi connectivity index (χ2n) is 6.13. The molecule has 1 unspecified atom stereocenters. The first-order chi connectivity index (χ1) is 10.0. The van der Waals surface area contributed by atoms with Crippen LogP contribution in [0.5, 0.6) is 0 Å². The molecule has 0 spiro atoms. The molecule has 1 aromatic carbocycles. The van der Waals surface area contributed by atoms with Crippen LogP contribution >= 0.6 is 0 Å². The van der Waals surface area contributed by atoms with Gasteiger partial charge >= 0.3 is 0 Å². The van der Waals surface area contributed by atoms with Gasteiger partial charge < -0.3 is 14.6 Å². The molecular formula is C18H26N2O. The molecule has 114 valence electrons. The lowest BCUT2D eigenvalue weighted by atomic mass is 9.81. The van der Waals surface area contributed by atoms with Gasteiger partial charge in [0.25, 0.3) is 0 Å². The van der Waals surface area contributed by atoms with E-state index in [9.17, 15) is 0 Å². The minimum atomic E-state index is 0.0857. The molecular weight excluding hydrogens is 260 g/mol. The van der Waals surface area contributed by atoms with Crippen LogP contribution in [0, 0.1) is 6.92 Å². The summed E-state index contributed by atoms with van der Waals surface area (Å²) in [6.07, 6.45) is 1.77. The van der Waals surface area contributed by atoms with Crippen molar-refractivity contribution in [1.29, 1.82) is 0 Å². The second-order valence-corrected chi connectivity index (χ2v) is 6.13. The average Bonchev–Trinajstić information content (AvgIpc) is 2.85. The monoisotopic (exact) mass is 286 g/mol. The van der Waals surface area contributed by atoms with Gasteiger partial charge in [-0.15, -0.1) is 0 Å². The molecule has 0 aliphatic carbocycles. The number of furan rings is 1. The van der Waals surface area contributed by atoms with E-state index < -0.39 is 0 Å². The maximum absolute atomic E-state index is 5.39. The van der Waals surface area contributed by atoms with E-state index in [4.69, 9.17) is 4.42 Å². The van der Waals surface area contributed by atoms with E-state index >= 15 is 0 Å². The Kier molecular flexibility index (Phi) is 5.21. The maximum Gasteiger partial charge on any atom is 0.105 e. The summed E-state index contributed by atoms with van der Waals surface area (Å²) >= 11 is 0. The first kappa shape index (κ1) is 15.8. The Morgan fingerprint density at radius 1 is 1.19 bits per heavy atom. The zero-order chi connectivity index (χ0) is 15.3. The smallest absolute Gasteiger partial charge is 0.105 e. The van der Waals surface area contributed by atoms with E-state index in [0.29, 0.717) is 0 Å². The summed E-state index contributed by atoms with van der Waals surface area (Å²) in [5.41, 5.74) is 2.72. The number of rotatable bonds is 7. The average molecular weight is 286 g/mol. The van der Waals surface area contributed by atoms with Gasteiger partial charge in [-0.05, 0) is 32.6 Å². The molecule has 1 N–H and O–H groups in total. The number of benzene rings is 1. The van der Waals surface area contributed by atoms with Crippen molar-refractivity contribution < 1.29 is 4.42 Å². The molecule has 0 bridgehead atoms. The van der Waals surface area contributed by atoms with Crippen molar-refractivity contribution in [1.82, 2.24) is 10.2 Å². The number of nitrogens with one attached hydrogen (secondary N) is 1. The van der Waals surface area contributed by atoms with Gasteiger partial charge in [0.15, 0.2) is 0 Å². The quantitative estimate of drug-likeness (QED) is 0.847. The molecule has 2 aromatic rings. The van der Waals surface area contributed by atoms with E-state index in [2.05, 4.69) is 60.6 Å². The van der Waals surface area contributed by atoms with Gasteiger partial charge in [-0.3, -0.25) is 0 Å². The summed E-state index contributed by atoms with van der Waals surface area (Å²) in [6, 6.07) is 12.8. The van der Waals surface area contributed by atoms with Crippen molar-refractivity contribution >= 4 is 0 Å². The van der Waals surface area contributed by atoms with Gasteiger partial charge in [0.1, 0.15) is 5.76 Å². The number of nitrogens with zero attached hydrogens (tertiary/aromatic N) is 1. The molecule has 0 aliphatic rings. The van der Waals surface area contributed by atoms with Crippen molar-refractivity contribution in [2.24, 2.45) is 0 Å². The Bertz CT molecular complexity index is 549. The number of aryl methyl sites for hydroxylation is 1. The molecule has 21 heavy (non-hydrogen) atoms. The van der Waals surface area contributed by atoms with Gasteiger partial charge in [-0.25, -0.2) is 0 Å². The van der Waals surface area contributed by atoms with Crippen LogP contribution in [0.25, 0.3) is 0 Å². The molecule has 0 saturated carbocycles. The lowest BCUT2D eigenvalue weighted by Gasteiger charge is -2.34. The molecule has 1 atom stereocenters. The van der Waals surface area contributed by atoms with Gasteiger partial charge in [0.05, 0.1) is 6.26 Å². The largest absolute Gasteiger partial charge is 0.469 e. The first-order valence-electron chi connectivity index (χ1n) is 7.47. The molecule has 1 aromatic heterocycles. The van der Waals surface area contributed by atoms with E-state index in [1.54, 1.807) is 6.26 Å². The van der Waals surface area contributed by atoms with Gasteiger partial charge in [-0.1, -0.05) is 37.3 Å². The van der Waals surface area contributed by atoms with Crippen LogP contribution < -0.4 is 5.32 Å². The van der Waals surface area contributed by atoms with Crippen molar-refractivity contribution in [2.45, 2.75) is 25.8 Å². The Hall–Kier alpha value is -1.58. The van der Waals surface area contributed by atoms with Crippen molar-refractivity contribution in [3.63, 3.8) is 0 Å². The molecule has 0 aliphatic heterocycles. The Morgan fingerprint density at radius 2 is 1.90 bits per heavy atom. The highest BCUT2D eigenvalue weighted by Gasteiger charge is 2.27. The zero-order valence-electron chi connectivity index (χ0n) is 13.5. The Morgan fingerprint density at radius 3 is 2.48 bits per heavy atom. The van der Waals surface area contributed by atoms with E-state index in [-0.39, 0.29) is 5.41 Å². The van der Waals surface area contributed by atoms with Crippen molar-refractivity contribution in [3.8, 4) is 0 Å². The number of hydrogen-bond acceptors (Lipinski definition) is 3. The fourth-order valence-corrected chi connectivity index (χ4v) is 3.00. The lowest BCUT2D eigenvalue weighted by Crippen LogP contribution is -2.43. The van der Waals surface area contributed by atoms with Crippen LogP contribution in [0.2, 0.25) is 0 Å². The second kappa shape index (κ2) is 6.92. The molecule has 3 heteroatoms. The highest BCUT2D eigenvalue weighted by atomic mass is 16.3. The molecule has 0 amide bonds. The van der Waals surface area contributed by atoms with E-state index in [1.165, 1.54) is 11.1 Å². The Labute approximate surface area is 128 Å². The molecule has 1 heterocycles. The first-order valence-corrected chi connectivity index (χ1v) is 7.47. The molecule has 2 rings (SSSR count). The highest BCUT2D eigenvalue weighted by molar-refractivity contribution is 5.26. The van der Waals surface area contributed by atoms with Crippen LogP contribution in [0.4, 0.5) is 0 Å². The normalized spacial score (nSPS) is 14.3. The van der Waals surface area contributed by atoms with Gasteiger partial charge in [0.2, 0.25) is 0 Å². The SMILES string of the molecule is CNCC(C)(CN(C)Cc1ccoc1C)c1ccccc1. The Balaban J connectivity index is 2.10. The standard InChI is InChI=1S/C18H26N2O/c1-15-16(10-11-21-15)12-20(4)14-18(2,13-19-3)17-8-6-5-7-9-17/h5-11,19H,12-14H2,1-4H3. The van der Waals surface area contributed by atoms with Crippen LogP contribution in [-0.2, 0) is 12.0 Å². The minimum absolute atomic E-state index is 0.0857. The number of hydrogen-bond donors (Lipinski definition) is 1. The summed E-state index contributed by atoms with van der Waals surface area (Å²) in [4.78, 5) is 2.36. The number of likely N-dealkylation sites (N-methyl/N-ethyl adjacent to an activating group) is 2. The van der Waals surface area contributed by atoms with Crippen LogP contribution in [-0.4, -0.2) is 32.1 Å². The molecule has 0 radical (unpaired) electrons. The summed E-state index contributed by atoms with van der Waals surface area (Å²) in [7, 11) is 4.19. The van der Waals surface area contributed by atoms with Crippen LogP contribution in [0.3, 0.4) is 0 Å². The third kappa shape index (κ3) is 3.96. The summed E-state index contributed by atoms with van der Waals surface area (Å²) < 4.78 is 5.39. The third-order valence-corrected chi connectivity index (χ3v) is 4.06. The lowest BCUT2D eigenvalue weighted by molar-refractivity contribution is 0.244. The topological polar surface area (TPSA) is 28.4 Å².